The number of nitrogens with one attached hydrogen (secondary N) is 1. The fourth-order valence-electron chi connectivity index (χ4n) is 4.00. The number of fused-ring (bicyclic) bond motifs is 1. The van der Waals surface area contributed by atoms with Gasteiger partial charge in [0.25, 0.3) is 0 Å². The zero-order valence-corrected chi connectivity index (χ0v) is 16.1. The van der Waals surface area contributed by atoms with Crippen molar-refractivity contribution in [2.24, 2.45) is 0 Å². The lowest BCUT2D eigenvalue weighted by molar-refractivity contribution is -0.116. The summed E-state index contributed by atoms with van der Waals surface area (Å²) in [6.07, 6.45) is 5.70. The standard InChI is InChI=1S/C22H21N5O2/c1-2-29-16-8-6-14(7-9-16)20-19-17(4-3-5-18(19)28)24-22-25-21(26-27(20)22)15-10-12-23-13-11-15/h6-13,20H,2-5H2,1H3,(H,24,25,26). The smallest absolute Gasteiger partial charge is 0.226 e. The Morgan fingerprint density at radius 2 is 1.93 bits per heavy atom. The van der Waals surface area contributed by atoms with Gasteiger partial charge in [-0.05, 0) is 49.6 Å². The predicted molar refractivity (Wildman–Crippen MR) is 109 cm³/mol. The second-order valence-corrected chi connectivity index (χ2v) is 7.14. The monoisotopic (exact) mass is 387 g/mol. The molecule has 0 fully saturated rings. The van der Waals surface area contributed by atoms with E-state index >= 15 is 0 Å². The predicted octanol–water partition coefficient (Wildman–Crippen LogP) is 3.76. The van der Waals surface area contributed by atoms with Crippen LogP contribution in [-0.2, 0) is 4.79 Å². The summed E-state index contributed by atoms with van der Waals surface area (Å²) in [5.74, 6) is 2.25. The zero-order chi connectivity index (χ0) is 19.8. The highest BCUT2D eigenvalue weighted by molar-refractivity contribution is 5.99. The van der Waals surface area contributed by atoms with E-state index in [2.05, 4.69) is 10.3 Å². The second kappa shape index (κ2) is 7.16. The number of Topliss-reactive ketones (excluding diaryl/α,β-unsaturated/α-hetero) is 1. The number of pyridine rings is 1. The van der Waals surface area contributed by atoms with Crippen LogP contribution in [0.2, 0.25) is 0 Å². The quantitative estimate of drug-likeness (QED) is 0.734. The number of carbonyl (C=O) groups excluding carboxylic acids is 1. The molecule has 1 aromatic carbocycles. The van der Waals surface area contributed by atoms with Crippen LogP contribution in [0.3, 0.4) is 0 Å². The minimum Gasteiger partial charge on any atom is -0.494 e. The first kappa shape index (κ1) is 17.6. The third kappa shape index (κ3) is 3.08. The van der Waals surface area contributed by atoms with E-state index < -0.39 is 0 Å². The molecule has 0 amide bonds. The molecule has 0 bridgehead atoms. The Labute approximate surface area is 168 Å². The Kier molecular flexibility index (Phi) is 4.35. The molecule has 2 aromatic heterocycles. The van der Waals surface area contributed by atoms with E-state index in [1.54, 1.807) is 12.4 Å². The summed E-state index contributed by atoms with van der Waals surface area (Å²) in [4.78, 5) is 21.6. The summed E-state index contributed by atoms with van der Waals surface area (Å²) in [6, 6.07) is 11.4. The van der Waals surface area contributed by atoms with Crippen LogP contribution in [-0.4, -0.2) is 32.1 Å². The van der Waals surface area contributed by atoms with Crippen molar-refractivity contribution in [3.05, 3.63) is 65.6 Å². The average Bonchev–Trinajstić information content (AvgIpc) is 3.18. The molecule has 0 radical (unpaired) electrons. The van der Waals surface area contributed by atoms with Gasteiger partial charge in [-0.25, -0.2) is 4.68 Å². The molecule has 3 aromatic rings. The average molecular weight is 387 g/mol. The molecule has 0 spiro atoms. The largest absolute Gasteiger partial charge is 0.494 e. The molecule has 0 saturated carbocycles. The molecular formula is C22H21N5O2. The van der Waals surface area contributed by atoms with Gasteiger partial charge in [-0.15, -0.1) is 5.10 Å². The number of anilines is 1. The number of ketones is 1. The number of aromatic nitrogens is 4. The maximum absolute atomic E-state index is 12.9. The summed E-state index contributed by atoms with van der Waals surface area (Å²) >= 11 is 0. The first-order chi connectivity index (χ1) is 14.2. The fourth-order valence-corrected chi connectivity index (χ4v) is 4.00. The van der Waals surface area contributed by atoms with Gasteiger partial charge in [0.15, 0.2) is 11.6 Å². The molecule has 0 saturated heterocycles. The van der Waals surface area contributed by atoms with Crippen LogP contribution in [0.15, 0.2) is 60.1 Å². The van der Waals surface area contributed by atoms with E-state index in [9.17, 15) is 4.79 Å². The third-order valence-electron chi connectivity index (χ3n) is 5.31. The first-order valence-corrected chi connectivity index (χ1v) is 9.87. The van der Waals surface area contributed by atoms with Crippen LogP contribution in [0.1, 0.15) is 37.8 Å². The van der Waals surface area contributed by atoms with Crippen LogP contribution in [0.5, 0.6) is 5.75 Å². The second-order valence-electron chi connectivity index (χ2n) is 7.14. The summed E-state index contributed by atoms with van der Waals surface area (Å²) in [7, 11) is 0. The maximum Gasteiger partial charge on any atom is 0.226 e. The summed E-state index contributed by atoms with van der Waals surface area (Å²) in [6.45, 7) is 2.57. The minimum atomic E-state index is -0.298. The van der Waals surface area contributed by atoms with Crippen LogP contribution < -0.4 is 10.1 Å². The van der Waals surface area contributed by atoms with E-state index in [1.165, 1.54) is 0 Å². The van der Waals surface area contributed by atoms with E-state index in [-0.39, 0.29) is 11.8 Å². The number of nitrogens with zero attached hydrogens (tertiary/aromatic N) is 4. The van der Waals surface area contributed by atoms with Crippen LogP contribution in [0.25, 0.3) is 11.4 Å². The van der Waals surface area contributed by atoms with Gasteiger partial charge in [0.05, 0.1) is 6.61 Å². The van der Waals surface area contributed by atoms with E-state index in [0.717, 1.165) is 41.0 Å². The number of hydrogen-bond acceptors (Lipinski definition) is 6. The van der Waals surface area contributed by atoms with Gasteiger partial charge in [-0.2, -0.15) is 4.98 Å². The summed E-state index contributed by atoms with van der Waals surface area (Å²) in [5, 5.41) is 8.12. The number of allylic oxidation sites excluding steroid dienone is 2. The Morgan fingerprint density at radius 1 is 1.14 bits per heavy atom. The molecule has 1 N–H and O–H groups in total. The normalized spacial score (nSPS) is 18.1. The van der Waals surface area contributed by atoms with Crippen molar-refractivity contribution in [1.29, 1.82) is 0 Å². The molecule has 3 heterocycles. The fraction of sp³-hybridized carbons (Fsp3) is 0.273. The molecule has 2 aliphatic rings. The molecular weight excluding hydrogens is 366 g/mol. The van der Waals surface area contributed by atoms with Gasteiger partial charge >= 0.3 is 0 Å². The molecule has 5 rings (SSSR count). The maximum atomic E-state index is 12.9. The van der Waals surface area contributed by atoms with Gasteiger partial charge in [0.2, 0.25) is 5.95 Å². The van der Waals surface area contributed by atoms with Gasteiger partial charge in [-0.3, -0.25) is 9.78 Å². The van der Waals surface area contributed by atoms with Crippen molar-refractivity contribution in [2.45, 2.75) is 32.2 Å². The number of benzene rings is 1. The number of rotatable bonds is 4. The Hall–Kier alpha value is -3.48. The van der Waals surface area contributed by atoms with Gasteiger partial charge in [-0.1, -0.05) is 12.1 Å². The molecule has 1 aliphatic carbocycles. The van der Waals surface area contributed by atoms with E-state index in [4.69, 9.17) is 14.8 Å². The van der Waals surface area contributed by atoms with Gasteiger partial charge < -0.3 is 10.1 Å². The van der Waals surface area contributed by atoms with Crippen molar-refractivity contribution in [1.82, 2.24) is 19.7 Å². The van der Waals surface area contributed by atoms with E-state index in [1.807, 2.05) is 48.0 Å². The summed E-state index contributed by atoms with van der Waals surface area (Å²) in [5.41, 5.74) is 3.63. The van der Waals surface area contributed by atoms with Gasteiger partial charge in [0.1, 0.15) is 11.8 Å². The van der Waals surface area contributed by atoms with Crippen LogP contribution in [0, 0.1) is 0 Å². The van der Waals surface area contributed by atoms with Crippen molar-refractivity contribution >= 4 is 11.7 Å². The van der Waals surface area contributed by atoms with Crippen molar-refractivity contribution in [3.8, 4) is 17.1 Å². The number of ether oxygens (including phenoxy) is 1. The van der Waals surface area contributed by atoms with Crippen molar-refractivity contribution in [2.75, 3.05) is 11.9 Å². The van der Waals surface area contributed by atoms with Crippen molar-refractivity contribution in [3.63, 3.8) is 0 Å². The minimum absolute atomic E-state index is 0.171. The van der Waals surface area contributed by atoms with E-state index in [0.29, 0.717) is 24.8 Å². The molecule has 7 heteroatoms. The van der Waals surface area contributed by atoms with Gasteiger partial charge in [0, 0.05) is 35.6 Å². The Balaban J connectivity index is 1.63. The molecule has 29 heavy (non-hydrogen) atoms. The van der Waals surface area contributed by atoms with Crippen molar-refractivity contribution < 1.29 is 9.53 Å². The highest BCUT2D eigenvalue weighted by Gasteiger charge is 2.36. The van der Waals surface area contributed by atoms with Crippen LogP contribution >= 0.6 is 0 Å². The highest BCUT2D eigenvalue weighted by atomic mass is 16.5. The Bertz CT molecular complexity index is 1090. The first-order valence-electron chi connectivity index (χ1n) is 9.87. The molecule has 146 valence electrons. The zero-order valence-electron chi connectivity index (χ0n) is 16.1. The topological polar surface area (TPSA) is 81.9 Å². The molecule has 1 aliphatic heterocycles. The molecule has 1 atom stereocenters. The lowest BCUT2D eigenvalue weighted by atomic mass is 9.85. The third-order valence-corrected chi connectivity index (χ3v) is 5.31. The Morgan fingerprint density at radius 3 is 2.69 bits per heavy atom. The SMILES string of the molecule is CCOc1ccc(C2C3=C(CCCC3=O)Nc3nc(-c4ccncc4)nn32)cc1. The lowest BCUT2D eigenvalue weighted by Gasteiger charge is -2.32. The molecule has 1 unspecified atom stereocenters. The summed E-state index contributed by atoms with van der Waals surface area (Å²) < 4.78 is 7.40. The number of hydrogen-bond donors (Lipinski definition) is 1. The molecule has 7 nitrogen and oxygen atoms in total. The number of carbonyl (C=O) groups is 1. The van der Waals surface area contributed by atoms with Crippen LogP contribution in [0.4, 0.5) is 5.95 Å². The highest BCUT2D eigenvalue weighted by Crippen LogP contribution is 2.40. The lowest BCUT2D eigenvalue weighted by Crippen LogP contribution is -2.31.